The molecule has 2 amide bonds. The van der Waals surface area contributed by atoms with Gasteiger partial charge in [0.2, 0.25) is 11.8 Å². The van der Waals surface area contributed by atoms with E-state index < -0.39 is 0 Å². The Bertz CT molecular complexity index is 780. The van der Waals surface area contributed by atoms with Gasteiger partial charge in [-0.2, -0.15) is 0 Å². The molecule has 8 heteroatoms. The fourth-order valence-corrected chi connectivity index (χ4v) is 4.44. The summed E-state index contributed by atoms with van der Waals surface area (Å²) in [4.78, 5) is 31.2. The van der Waals surface area contributed by atoms with Crippen molar-refractivity contribution in [1.82, 2.24) is 15.5 Å². The van der Waals surface area contributed by atoms with Gasteiger partial charge in [-0.25, -0.2) is 4.99 Å². The zero-order valence-electron chi connectivity index (χ0n) is 19.9. The lowest BCUT2D eigenvalue weighted by molar-refractivity contribution is -0.130. The summed E-state index contributed by atoms with van der Waals surface area (Å²) in [5.41, 5.74) is 1.90. The number of carbonyl (C=O) groups is 2. The third kappa shape index (κ3) is 9.51. The molecule has 0 aromatic heterocycles. The molecule has 1 aromatic rings. The Morgan fingerprint density at radius 1 is 1.12 bits per heavy atom. The third-order valence-corrected chi connectivity index (χ3v) is 6.25. The molecular formula is C25H40IN5O2. The maximum Gasteiger partial charge on any atom is 0.227 e. The fourth-order valence-electron chi connectivity index (χ4n) is 4.44. The molecular weight excluding hydrogens is 529 g/mol. The molecule has 2 fully saturated rings. The molecule has 0 radical (unpaired) electrons. The summed E-state index contributed by atoms with van der Waals surface area (Å²) in [6.45, 7) is 5.83. The topological polar surface area (TPSA) is 85.8 Å². The Morgan fingerprint density at radius 3 is 2.73 bits per heavy atom. The molecule has 1 saturated carbocycles. The third-order valence-electron chi connectivity index (χ3n) is 6.25. The Kier molecular flexibility index (Phi) is 12.6. The highest BCUT2D eigenvalue weighted by Gasteiger charge is 2.22. The minimum atomic E-state index is 0. The van der Waals surface area contributed by atoms with E-state index in [0.717, 1.165) is 94.8 Å². The number of aliphatic imine (C=N–C) groups is 1. The second-order valence-corrected chi connectivity index (χ2v) is 8.84. The van der Waals surface area contributed by atoms with Crippen LogP contribution in [0.4, 0.5) is 5.69 Å². The summed E-state index contributed by atoms with van der Waals surface area (Å²) in [5, 5.41) is 9.73. The molecule has 1 heterocycles. The number of hydrogen-bond acceptors (Lipinski definition) is 3. The SMILES string of the molecule is CCNC(=NCc1cccc(NC(=O)C2CCCC2)c1)NCCCN1CCCCCC1=O.I. The number of benzene rings is 1. The van der Waals surface area contributed by atoms with Gasteiger partial charge in [-0.1, -0.05) is 31.4 Å². The van der Waals surface area contributed by atoms with Gasteiger partial charge in [-0.3, -0.25) is 9.59 Å². The van der Waals surface area contributed by atoms with Crippen LogP contribution >= 0.6 is 24.0 Å². The van der Waals surface area contributed by atoms with Crippen LogP contribution in [0.2, 0.25) is 0 Å². The average molecular weight is 570 g/mol. The van der Waals surface area contributed by atoms with Gasteiger partial charge in [0.1, 0.15) is 0 Å². The van der Waals surface area contributed by atoms with Gasteiger partial charge in [-0.15, -0.1) is 24.0 Å². The van der Waals surface area contributed by atoms with Gasteiger partial charge in [-0.05, 0) is 56.7 Å². The highest BCUT2D eigenvalue weighted by Crippen LogP contribution is 2.26. The summed E-state index contributed by atoms with van der Waals surface area (Å²) in [7, 11) is 0. The number of likely N-dealkylation sites (tertiary alicyclic amines) is 1. The molecule has 3 rings (SSSR count). The van der Waals surface area contributed by atoms with Crippen molar-refractivity contribution in [3.63, 3.8) is 0 Å². The van der Waals surface area contributed by atoms with Crippen LogP contribution < -0.4 is 16.0 Å². The minimum absolute atomic E-state index is 0. The molecule has 184 valence electrons. The highest BCUT2D eigenvalue weighted by molar-refractivity contribution is 14.0. The number of guanidine groups is 1. The number of nitrogens with one attached hydrogen (secondary N) is 3. The average Bonchev–Trinajstić information content (AvgIpc) is 3.26. The van der Waals surface area contributed by atoms with Gasteiger partial charge >= 0.3 is 0 Å². The first kappa shape index (κ1) is 27.4. The van der Waals surface area contributed by atoms with Gasteiger partial charge in [0, 0.05) is 44.2 Å². The second-order valence-electron chi connectivity index (χ2n) is 8.84. The summed E-state index contributed by atoms with van der Waals surface area (Å²) in [6.07, 6.45) is 9.20. The van der Waals surface area contributed by atoms with Crippen LogP contribution in [0.3, 0.4) is 0 Å². The van der Waals surface area contributed by atoms with Crippen LogP contribution in [0.15, 0.2) is 29.3 Å². The van der Waals surface area contributed by atoms with Crippen molar-refractivity contribution >= 4 is 47.4 Å². The van der Waals surface area contributed by atoms with Crippen LogP contribution in [-0.4, -0.2) is 48.9 Å². The summed E-state index contributed by atoms with van der Waals surface area (Å²) >= 11 is 0. The molecule has 2 aliphatic rings. The van der Waals surface area contributed by atoms with Crippen molar-refractivity contribution in [3.05, 3.63) is 29.8 Å². The van der Waals surface area contributed by atoms with Gasteiger partial charge in [0.15, 0.2) is 5.96 Å². The normalized spacial score (nSPS) is 17.3. The molecule has 1 aliphatic heterocycles. The van der Waals surface area contributed by atoms with Crippen LogP contribution in [0.1, 0.15) is 70.3 Å². The van der Waals surface area contributed by atoms with E-state index in [1.807, 2.05) is 36.1 Å². The number of carbonyl (C=O) groups excluding carboxylic acids is 2. The molecule has 0 unspecified atom stereocenters. The first-order chi connectivity index (χ1) is 15.7. The van der Waals surface area contributed by atoms with E-state index in [4.69, 9.17) is 4.99 Å². The molecule has 1 aromatic carbocycles. The van der Waals surface area contributed by atoms with Crippen molar-refractivity contribution in [1.29, 1.82) is 0 Å². The van der Waals surface area contributed by atoms with Crippen LogP contribution in [0.25, 0.3) is 0 Å². The van der Waals surface area contributed by atoms with Gasteiger partial charge in [0.25, 0.3) is 0 Å². The predicted octanol–water partition coefficient (Wildman–Crippen LogP) is 4.28. The van der Waals surface area contributed by atoms with E-state index in [0.29, 0.717) is 18.9 Å². The number of halogens is 1. The minimum Gasteiger partial charge on any atom is -0.357 e. The zero-order chi connectivity index (χ0) is 22.6. The van der Waals surface area contributed by atoms with E-state index in [1.165, 1.54) is 0 Å². The lowest BCUT2D eigenvalue weighted by atomic mass is 10.1. The summed E-state index contributed by atoms with van der Waals surface area (Å²) < 4.78 is 0. The highest BCUT2D eigenvalue weighted by atomic mass is 127. The molecule has 0 atom stereocenters. The molecule has 0 bridgehead atoms. The Balaban J connectivity index is 0.00000385. The standard InChI is InChI=1S/C25H39N5O2.HI/c1-2-26-25(27-15-9-17-30-16-7-3-4-14-23(30)31)28-19-20-10-8-13-22(18-20)29-24(32)21-11-5-6-12-21;/h8,10,13,18,21H,2-7,9,11-12,14-17,19H2,1H3,(H,29,32)(H2,26,27,28);1H. The van der Waals surface area contributed by atoms with E-state index in [-0.39, 0.29) is 35.8 Å². The maximum absolute atomic E-state index is 12.4. The van der Waals surface area contributed by atoms with Crippen molar-refractivity contribution < 1.29 is 9.59 Å². The lowest BCUT2D eigenvalue weighted by Crippen LogP contribution is -2.39. The molecule has 0 spiro atoms. The van der Waals surface area contributed by atoms with Gasteiger partial charge in [0.05, 0.1) is 6.54 Å². The number of hydrogen-bond donors (Lipinski definition) is 3. The number of anilines is 1. The monoisotopic (exact) mass is 569 g/mol. The number of rotatable bonds is 9. The largest absolute Gasteiger partial charge is 0.357 e. The van der Waals surface area contributed by atoms with Crippen molar-refractivity contribution in [2.75, 3.05) is 31.5 Å². The number of amides is 2. The molecule has 7 nitrogen and oxygen atoms in total. The van der Waals surface area contributed by atoms with Crippen LogP contribution in [0, 0.1) is 5.92 Å². The second kappa shape index (κ2) is 15.1. The quantitative estimate of drug-likeness (QED) is 0.179. The molecule has 1 saturated heterocycles. The molecule has 33 heavy (non-hydrogen) atoms. The molecule has 3 N–H and O–H groups in total. The first-order valence-electron chi connectivity index (χ1n) is 12.4. The summed E-state index contributed by atoms with van der Waals surface area (Å²) in [5.74, 6) is 1.37. The molecule has 1 aliphatic carbocycles. The van der Waals surface area contributed by atoms with Crippen LogP contribution in [0.5, 0.6) is 0 Å². The van der Waals surface area contributed by atoms with E-state index >= 15 is 0 Å². The Hall–Kier alpha value is -1.84. The van der Waals surface area contributed by atoms with Gasteiger partial charge < -0.3 is 20.9 Å². The first-order valence-corrected chi connectivity index (χ1v) is 12.4. The number of nitrogens with zero attached hydrogens (tertiary/aromatic N) is 2. The predicted molar refractivity (Wildman–Crippen MR) is 145 cm³/mol. The smallest absolute Gasteiger partial charge is 0.227 e. The Morgan fingerprint density at radius 2 is 1.94 bits per heavy atom. The lowest BCUT2D eigenvalue weighted by Gasteiger charge is -2.20. The Labute approximate surface area is 215 Å². The zero-order valence-corrected chi connectivity index (χ0v) is 22.2. The maximum atomic E-state index is 12.4. The summed E-state index contributed by atoms with van der Waals surface area (Å²) in [6, 6.07) is 7.94. The van der Waals surface area contributed by atoms with E-state index in [9.17, 15) is 9.59 Å². The van der Waals surface area contributed by atoms with Crippen molar-refractivity contribution in [2.24, 2.45) is 10.9 Å². The van der Waals surface area contributed by atoms with Crippen LogP contribution in [-0.2, 0) is 16.1 Å². The fraction of sp³-hybridized carbons (Fsp3) is 0.640. The van der Waals surface area contributed by atoms with E-state index in [1.54, 1.807) is 0 Å². The van der Waals surface area contributed by atoms with Crippen molar-refractivity contribution in [3.8, 4) is 0 Å². The van der Waals surface area contributed by atoms with Crippen molar-refractivity contribution in [2.45, 2.75) is 71.3 Å². The van der Waals surface area contributed by atoms with E-state index in [2.05, 4.69) is 16.0 Å².